The lowest BCUT2D eigenvalue weighted by Crippen LogP contribution is -2.40. The maximum atomic E-state index is 11.7. The third-order valence-electron chi connectivity index (χ3n) is 2.86. The molecule has 1 aliphatic rings. The van der Waals surface area contributed by atoms with Crippen LogP contribution in [0.25, 0.3) is 0 Å². The van der Waals surface area contributed by atoms with E-state index in [1.807, 2.05) is 32.5 Å². The molecule has 106 valence electrons. The fraction of sp³-hybridized carbons (Fsp3) is 0.692. The van der Waals surface area contributed by atoms with Crippen LogP contribution >= 0.6 is 11.3 Å². The van der Waals surface area contributed by atoms with Gasteiger partial charge in [0.25, 0.3) is 0 Å². The van der Waals surface area contributed by atoms with Gasteiger partial charge in [-0.2, -0.15) is 0 Å². The molecule has 1 aliphatic heterocycles. The Kier molecular flexibility index (Phi) is 4.42. The van der Waals surface area contributed by atoms with Crippen LogP contribution in [0.1, 0.15) is 32.1 Å². The molecule has 2 rings (SSSR count). The lowest BCUT2D eigenvalue weighted by Gasteiger charge is -2.22. The number of ether oxygens (including phenoxy) is 1. The Morgan fingerprint density at radius 2 is 2.42 bits per heavy atom. The SMILES string of the molecule is CC(C)(C)OC(=O)N[C@@H]1CCN(Cc2cncs2)C1. The van der Waals surface area contributed by atoms with Gasteiger partial charge in [0.15, 0.2) is 0 Å². The van der Waals surface area contributed by atoms with Gasteiger partial charge in [-0.1, -0.05) is 0 Å². The summed E-state index contributed by atoms with van der Waals surface area (Å²) in [4.78, 5) is 19.3. The number of carbonyl (C=O) groups excluding carboxylic acids is 1. The topological polar surface area (TPSA) is 54.5 Å². The molecule has 1 aromatic heterocycles. The highest BCUT2D eigenvalue weighted by Crippen LogP contribution is 2.16. The molecule has 1 saturated heterocycles. The number of aromatic nitrogens is 1. The second-order valence-electron chi connectivity index (χ2n) is 5.83. The predicted octanol–water partition coefficient (Wildman–Crippen LogP) is 2.24. The minimum absolute atomic E-state index is 0.183. The van der Waals surface area contributed by atoms with Crippen LogP contribution in [0.15, 0.2) is 11.7 Å². The second kappa shape index (κ2) is 5.88. The van der Waals surface area contributed by atoms with E-state index in [-0.39, 0.29) is 12.1 Å². The maximum absolute atomic E-state index is 11.7. The van der Waals surface area contributed by atoms with Crippen molar-refractivity contribution in [2.75, 3.05) is 13.1 Å². The highest BCUT2D eigenvalue weighted by molar-refractivity contribution is 7.09. The van der Waals surface area contributed by atoms with Crippen molar-refractivity contribution in [3.8, 4) is 0 Å². The molecule has 0 bridgehead atoms. The van der Waals surface area contributed by atoms with Crippen molar-refractivity contribution >= 4 is 17.4 Å². The van der Waals surface area contributed by atoms with E-state index in [2.05, 4.69) is 15.2 Å². The van der Waals surface area contributed by atoms with Crippen LogP contribution in [0, 0.1) is 0 Å². The monoisotopic (exact) mass is 283 g/mol. The Morgan fingerprint density at radius 1 is 1.63 bits per heavy atom. The molecule has 0 radical (unpaired) electrons. The van der Waals surface area contributed by atoms with E-state index in [4.69, 9.17) is 4.74 Å². The van der Waals surface area contributed by atoms with E-state index < -0.39 is 5.60 Å². The molecular weight excluding hydrogens is 262 g/mol. The van der Waals surface area contributed by atoms with Crippen molar-refractivity contribution in [1.29, 1.82) is 0 Å². The summed E-state index contributed by atoms with van der Waals surface area (Å²) in [7, 11) is 0. The van der Waals surface area contributed by atoms with Crippen molar-refractivity contribution in [3.05, 3.63) is 16.6 Å². The molecule has 1 fully saturated rings. The van der Waals surface area contributed by atoms with Crippen LogP contribution in [0.4, 0.5) is 4.79 Å². The molecule has 0 unspecified atom stereocenters. The second-order valence-corrected chi connectivity index (χ2v) is 6.81. The van der Waals surface area contributed by atoms with Gasteiger partial charge < -0.3 is 10.1 Å². The number of nitrogens with zero attached hydrogens (tertiary/aromatic N) is 2. The minimum atomic E-state index is -0.439. The van der Waals surface area contributed by atoms with Gasteiger partial charge in [0.1, 0.15) is 5.60 Å². The van der Waals surface area contributed by atoms with Gasteiger partial charge in [-0.25, -0.2) is 4.79 Å². The first-order chi connectivity index (χ1) is 8.92. The van der Waals surface area contributed by atoms with E-state index in [0.29, 0.717) is 0 Å². The summed E-state index contributed by atoms with van der Waals surface area (Å²) in [6, 6.07) is 0.183. The number of hydrogen-bond acceptors (Lipinski definition) is 5. The summed E-state index contributed by atoms with van der Waals surface area (Å²) < 4.78 is 5.26. The first-order valence-corrected chi connectivity index (χ1v) is 7.39. The minimum Gasteiger partial charge on any atom is -0.444 e. The number of likely N-dealkylation sites (tertiary alicyclic amines) is 1. The number of hydrogen-bond donors (Lipinski definition) is 1. The Labute approximate surface area is 118 Å². The Hall–Kier alpha value is -1.14. The fourth-order valence-corrected chi connectivity index (χ4v) is 2.74. The molecule has 5 nitrogen and oxygen atoms in total. The van der Waals surface area contributed by atoms with Gasteiger partial charge in [0.2, 0.25) is 0 Å². The van der Waals surface area contributed by atoms with E-state index in [1.54, 1.807) is 11.3 Å². The molecule has 0 spiro atoms. The third kappa shape index (κ3) is 4.80. The van der Waals surface area contributed by atoms with Crippen molar-refractivity contribution in [2.45, 2.75) is 45.4 Å². The van der Waals surface area contributed by atoms with Gasteiger partial charge in [-0.15, -0.1) is 11.3 Å². The van der Waals surface area contributed by atoms with Gasteiger partial charge in [-0.3, -0.25) is 9.88 Å². The summed E-state index contributed by atoms with van der Waals surface area (Å²) in [5.41, 5.74) is 1.41. The highest BCUT2D eigenvalue weighted by atomic mass is 32.1. The summed E-state index contributed by atoms with van der Waals surface area (Å²) in [6.45, 7) is 8.40. The lowest BCUT2D eigenvalue weighted by atomic mass is 10.2. The molecular formula is C13H21N3O2S. The van der Waals surface area contributed by atoms with Crippen LogP contribution in [0.2, 0.25) is 0 Å². The van der Waals surface area contributed by atoms with Gasteiger partial charge in [-0.05, 0) is 27.2 Å². The first kappa shape index (κ1) is 14.3. The first-order valence-electron chi connectivity index (χ1n) is 6.51. The zero-order valence-electron chi connectivity index (χ0n) is 11.7. The van der Waals surface area contributed by atoms with Crippen LogP contribution in [-0.4, -0.2) is 40.7 Å². The smallest absolute Gasteiger partial charge is 0.407 e. The average Bonchev–Trinajstić information content (AvgIpc) is 2.88. The van der Waals surface area contributed by atoms with Crippen LogP contribution in [0.3, 0.4) is 0 Å². The highest BCUT2D eigenvalue weighted by Gasteiger charge is 2.26. The Balaban J connectivity index is 1.74. The van der Waals surface area contributed by atoms with Gasteiger partial charge >= 0.3 is 6.09 Å². The standard InChI is InChI=1S/C13H21N3O2S/c1-13(2,3)18-12(17)15-10-4-5-16(7-10)8-11-6-14-9-19-11/h6,9-10H,4-5,7-8H2,1-3H3,(H,15,17)/t10-/m1/s1. The Morgan fingerprint density at radius 3 is 3.05 bits per heavy atom. The average molecular weight is 283 g/mol. The largest absolute Gasteiger partial charge is 0.444 e. The van der Waals surface area contributed by atoms with Crippen molar-refractivity contribution in [3.63, 3.8) is 0 Å². The van der Waals surface area contributed by atoms with E-state index in [9.17, 15) is 4.79 Å². The quantitative estimate of drug-likeness (QED) is 0.924. The van der Waals surface area contributed by atoms with Gasteiger partial charge in [0, 0.05) is 36.8 Å². The number of nitrogens with one attached hydrogen (secondary N) is 1. The van der Waals surface area contributed by atoms with E-state index in [0.717, 1.165) is 26.1 Å². The molecule has 2 heterocycles. The number of thiazole rings is 1. The number of rotatable bonds is 3. The molecule has 1 amide bonds. The molecule has 0 aliphatic carbocycles. The number of amides is 1. The van der Waals surface area contributed by atoms with Crippen molar-refractivity contribution < 1.29 is 9.53 Å². The Bertz CT molecular complexity index is 414. The number of carbonyl (C=O) groups is 1. The molecule has 19 heavy (non-hydrogen) atoms. The van der Waals surface area contributed by atoms with Crippen molar-refractivity contribution in [1.82, 2.24) is 15.2 Å². The number of alkyl carbamates (subject to hydrolysis) is 1. The third-order valence-corrected chi connectivity index (χ3v) is 3.62. The predicted molar refractivity (Wildman–Crippen MR) is 75.2 cm³/mol. The normalized spacial score (nSPS) is 20.5. The lowest BCUT2D eigenvalue weighted by molar-refractivity contribution is 0.0506. The summed E-state index contributed by atoms with van der Waals surface area (Å²) in [5.74, 6) is 0. The van der Waals surface area contributed by atoms with E-state index >= 15 is 0 Å². The van der Waals surface area contributed by atoms with Crippen LogP contribution in [0.5, 0.6) is 0 Å². The molecule has 1 N–H and O–H groups in total. The molecule has 1 aromatic rings. The van der Waals surface area contributed by atoms with Crippen LogP contribution in [-0.2, 0) is 11.3 Å². The fourth-order valence-electron chi connectivity index (χ4n) is 2.11. The van der Waals surface area contributed by atoms with E-state index in [1.165, 1.54) is 4.88 Å². The summed E-state index contributed by atoms with van der Waals surface area (Å²) >= 11 is 1.67. The van der Waals surface area contributed by atoms with Crippen molar-refractivity contribution in [2.24, 2.45) is 0 Å². The summed E-state index contributed by atoms with van der Waals surface area (Å²) in [6.07, 6.45) is 2.55. The zero-order valence-corrected chi connectivity index (χ0v) is 12.5. The molecule has 1 atom stereocenters. The van der Waals surface area contributed by atoms with Gasteiger partial charge in [0.05, 0.1) is 5.51 Å². The van der Waals surface area contributed by atoms with Crippen LogP contribution < -0.4 is 5.32 Å². The summed E-state index contributed by atoms with van der Waals surface area (Å²) in [5, 5.41) is 2.93. The maximum Gasteiger partial charge on any atom is 0.407 e. The molecule has 0 aromatic carbocycles. The molecule has 6 heteroatoms. The zero-order chi connectivity index (χ0) is 13.9. The molecule has 0 saturated carbocycles.